The number of nitrogens with zero attached hydrogens (tertiary/aromatic N) is 1. The second-order valence-electron chi connectivity index (χ2n) is 7.17. The number of thioether (sulfide) groups is 1. The van der Waals surface area contributed by atoms with Crippen molar-refractivity contribution in [3.63, 3.8) is 0 Å². The molecule has 3 fully saturated rings. The minimum Gasteiger partial charge on any atom is -0.297 e. The van der Waals surface area contributed by atoms with E-state index in [4.69, 9.17) is 0 Å². The van der Waals surface area contributed by atoms with E-state index in [2.05, 4.69) is 32.6 Å². The van der Waals surface area contributed by atoms with E-state index in [1.165, 1.54) is 24.9 Å². The van der Waals surface area contributed by atoms with Crippen molar-refractivity contribution < 1.29 is 8.42 Å². The maximum absolute atomic E-state index is 11.6. The quantitative estimate of drug-likeness (QED) is 0.709. The van der Waals surface area contributed by atoms with Gasteiger partial charge >= 0.3 is 0 Å². The monoisotopic (exact) mass is 382 g/mol. The molecule has 3 saturated heterocycles. The molecule has 3 aliphatic rings. The Hall–Kier alpha value is -0.640. The van der Waals surface area contributed by atoms with E-state index in [1.54, 1.807) is 12.1 Å². The van der Waals surface area contributed by atoms with Crippen LogP contribution in [-0.2, 0) is 9.84 Å². The first-order valence-corrected chi connectivity index (χ1v) is 11.8. The topological polar surface area (TPSA) is 73.5 Å². The molecule has 0 saturated carbocycles. The molecule has 25 heavy (non-hydrogen) atoms. The van der Waals surface area contributed by atoms with Crippen molar-refractivity contribution in [1.82, 2.24) is 20.9 Å². The number of nitrogens with one attached hydrogen (secondary N) is 3. The Bertz CT molecular complexity index is 704. The summed E-state index contributed by atoms with van der Waals surface area (Å²) >= 11 is 2.10. The van der Waals surface area contributed by atoms with E-state index in [0.29, 0.717) is 17.1 Å². The van der Waals surface area contributed by atoms with Crippen molar-refractivity contribution in [3.05, 3.63) is 29.8 Å². The first kappa shape index (κ1) is 17.8. The van der Waals surface area contributed by atoms with Crippen LogP contribution in [0.5, 0.6) is 0 Å². The standard InChI is InChI=1S/C17H26N4O2S2/c1-25(22,23)14-6-4-12(5-7-14)16-18-9-15-17(20-16)21(11-19-15)10-13-3-2-8-24-13/h4-7,13,15-20H,2-3,8-11H2,1H3. The van der Waals surface area contributed by atoms with Crippen LogP contribution < -0.4 is 16.0 Å². The third kappa shape index (κ3) is 3.89. The van der Waals surface area contributed by atoms with E-state index in [0.717, 1.165) is 30.6 Å². The van der Waals surface area contributed by atoms with E-state index in [1.807, 2.05) is 12.1 Å². The number of hydrogen-bond donors (Lipinski definition) is 3. The third-order valence-electron chi connectivity index (χ3n) is 5.31. The van der Waals surface area contributed by atoms with Gasteiger partial charge in [0.1, 0.15) is 0 Å². The maximum atomic E-state index is 11.6. The highest BCUT2D eigenvalue weighted by molar-refractivity contribution is 8.00. The Kier molecular flexibility index (Phi) is 5.09. The Labute approximate surface area is 154 Å². The molecule has 1 aromatic rings. The Morgan fingerprint density at radius 3 is 2.72 bits per heavy atom. The zero-order valence-corrected chi connectivity index (χ0v) is 16.1. The Balaban J connectivity index is 1.44. The number of sulfone groups is 1. The Morgan fingerprint density at radius 2 is 2.04 bits per heavy atom. The summed E-state index contributed by atoms with van der Waals surface area (Å²) in [6.45, 7) is 2.97. The third-order valence-corrected chi connectivity index (χ3v) is 7.82. The molecule has 4 rings (SSSR count). The molecule has 0 bridgehead atoms. The molecule has 0 amide bonds. The van der Waals surface area contributed by atoms with Crippen molar-refractivity contribution >= 4 is 21.6 Å². The molecule has 0 radical (unpaired) electrons. The van der Waals surface area contributed by atoms with Gasteiger partial charge in [-0.1, -0.05) is 12.1 Å². The van der Waals surface area contributed by atoms with Crippen LogP contribution in [0.2, 0.25) is 0 Å². The summed E-state index contributed by atoms with van der Waals surface area (Å²) in [5, 5.41) is 11.6. The van der Waals surface area contributed by atoms with Gasteiger partial charge in [0.2, 0.25) is 0 Å². The second kappa shape index (κ2) is 7.17. The average Bonchev–Trinajstić information content (AvgIpc) is 3.24. The predicted octanol–water partition coefficient (Wildman–Crippen LogP) is 0.735. The van der Waals surface area contributed by atoms with Gasteiger partial charge in [-0.05, 0) is 36.3 Å². The molecule has 0 aliphatic carbocycles. The van der Waals surface area contributed by atoms with Gasteiger partial charge in [-0.15, -0.1) is 0 Å². The van der Waals surface area contributed by atoms with E-state index in [-0.39, 0.29) is 6.17 Å². The molecular weight excluding hydrogens is 356 g/mol. The maximum Gasteiger partial charge on any atom is 0.175 e. The number of benzene rings is 1. The molecule has 3 heterocycles. The fourth-order valence-corrected chi connectivity index (χ4v) is 5.86. The van der Waals surface area contributed by atoms with Gasteiger partial charge in [-0.25, -0.2) is 8.42 Å². The lowest BCUT2D eigenvalue weighted by Crippen LogP contribution is -2.60. The smallest absolute Gasteiger partial charge is 0.175 e. The van der Waals surface area contributed by atoms with Gasteiger partial charge in [-0.3, -0.25) is 20.9 Å². The zero-order valence-electron chi connectivity index (χ0n) is 14.4. The SMILES string of the molecule is CS(=O)(=O)c1ccc(C2NCC3NCN(CC4CCCS4)C3N2)cc1. The van der Waals surface area contributed by atoms with Gasteiger partial charge in [0.15, 0.2) is 9.84 Å². The van der Waals surface area contributed by atoms with Crippen molar-refractivity contribution in [2.24, 2.45) is 0 Å². The molecule has 3 aliphatic heterocycles. The van der Waals surface area contributed by atoms with Crippen LogP contribution in [0, 0.1) is 0 Å². The Morgan fingerprint density at radius 1 is 1.24 bits per heavy atom. The lowest BCUT2D eigenvalue weighted by atomic mass is 10.1. The second-order valence-corrected chi connectivity index (χ2v) is 10.6. The highest BCUT2D eigenvalue weighted by Crippen LogP contribution is 2.29. The minimum atomic E-state index is -3.15. The highest BCUT2D eigenvalue weighted by atomic mass is 32.2. The number of rotatable bonds is 4. The van der Waals surface area contributed by atoms with Crippen molar-refractivity contribution in [2.45, 2.75) is 41.4 Å². The summed E-state index contributed by atoms with van der Waals surface area (Å²) < 4.78 is 23.3. The zero-order chi connectivity index (χ0) is 17.4. The van der Waals surface area contributed by atoms with Gasteiger partial charge in [-0.2, -0.15) is 11.8 Å². The van der Waals surface area contributed by atoms with E-state index in [9.17, 15) is 8.42 Å². The van der Waals surface area contributed by atoms with Crippen molar-refractivity contribution in [3.8, 4) is 0 Å². The van der Waals surface area contributed by atoms with E-state index < -0.39 is 9.84 Å². The van der Waals surface area contributed by atoms with Gasteiger partial charge in [0, 0.05) is 37.3 Å². The lowest BCUT2D eigenvalue weighted by molar-refractivity contribution is 0.153. The first-order valence-electron chi connectivity index (χ1n) is 8.89. The molecule has 8 heteroatoms. The molecule has 4 atom stereocenters. The summed E-state index contributed by atoms with van der Waals surface area (Å²) in [5.41, 5.74) is 1.08. The minimum absolute atomic E-state index is 0.0495. The number of hydrogen-bond acceptors (Lipinski definition) is 7. The summed E-state index contributed by atoms with van der Waals surface area (Å²) in [6, 6.07) is 7.61. The largest absolute Gasteiger partial charge is 0.297 e. The molecule has 1 aromatic carbocycles. The van der Waals surface area contributed by atoms with Gasteiger partial charge in [0.05, 0.1) is 17.2 Å². The van der Waals surface area contributed by atoms with Crippen LogP contribution in [0.3, 0.4) is 0 Å². The fraction of sp³-hybridized carbons (Fsp3) is 0.647. The molecule has 0 spiro atoms. The van der Waals surface area contributed by atoms with Gasteiger partial charge < -0.3 is 0 Å². The molecule has 3 N–H and O–H groups in total. The fourth-order valence-electron chi connectivity index (χ4n) is 3.93. The molecular formula is C17H26N4O2S2. The summed E-state index contributed by atoms with van der Waals surface area (Å²) in [5.74, 6) is 1.30. The van der Waals surface area contributed by atoms with Crippen LogP contribution in [0.1, 0.15) is 24.6 Å². The lowest BCUT2D eigenvalue weighted by Gasteiger charge is -2.38. The summed E-state index contributed by atoms with van der Waals surface area (Å²) in [7, 11) is -3.15. The number of fused-ring (bicyclic) bond motifs is 1. The summed E-state index contributed by atoms with van der Waals surface area (Å²) in [4.78, 5) is 2.89. The van der Waals surface area contributed by atoms with Crippen LogP contribution in [0.15, 0.2) is 29.2 Å². The molecule has 138 valence electrons. The van der Waals surface area contributed by atoms with Crippen LogP contribution in [-0.4, -0.2) is 62.5 Å². The molecule has 0 aromatic heterocycles. The van der Waals surface area contributed by atoms with Crippen molar-refractivity contribution in [1.29, 1.82) is 0 Å². The predicted molar refractivity (Wildman–Crippen MR) is 101 cm³/mol. The van der Waals surface area contributed by atoms with Crippen LogP contribution in [0.25, 0.3) is 0 Å². The van der Waals surface area contributed by atoms with Crippen molar-refractivity contribution in [2.75, 3.05) is 31.8 Å². The van der Waals surface area contributed by atoms with Gasteiger partial charge in [0.25, 0.3) is 0 Å². The average molecular weight is 383 g/mol. The first-order chi connectivity index (χ1) is 12.0. The molecule has 4 unspecified atom stereocenters. The van der Waals surface area contributed by atoms with Crippen LogP contribution >= 0.6 is 11.8 Å². The van der Waals surface area contributed by atoms with E-state index >= 15 is 0 Å². The van der Waals surface area contributed by atoms with Crippen LogP contribution in [0.4, 0.5) is 0 Å². The molecule has 6 nitrogen and oxygen atoms in total. The summed E-state index contributed by atoms with van der Waals surface area (Å²) in [6.07, 6.45) is 4.28. The normalized spacial score (nSPS) is 33.5. The highest BCUT2D eigenvalue weighted by Gasteiger charge is 2.39.